The van der Waals surface area contributed by atoms with Gasteiger partial charge < -0.3 is 21.4 Å². The van der Waals surface area contributed by atoms with Crippen molar-refractivity contribution in [3.05, 3.63) is 77.8 Å². The van der Waals surface area contributed by atoms with E-state index in [9.17, 15) is 9.59 Å². The van der Waals surface area contributed by atoms with Crippen LogP contribution >= 0.6 is 15.9 Å². The summed E-state index contributed by atoms with van der Waals surface area (Å²) in [6.45, 7) is 3.26. The van der Waals surface area contributed by atoms with Gasteiger partial charge in [-0.15, -0.1) is 0 Å². The van der Waals surface area contributed by atoms with Gasteiger partial charge in [0.2, 0.25) is 0 Å². The molecule has 0 saturated heterocycles. The molecule has 0 bridgehead atoms. The molecule has 0 aliphatic heterocycles. The van der Waals surface area contributed by atoms with Crippen LogP contribution in [0.2, 0.25) is 0 Å². The van der Waals surface area contributed by atoms with Crippen LogP contribution in [0.25, 0.3) is 0 Å². The van der Waals surface area contributed by atoms with Gasteiger partial charge in [0, 0.05) is 4.47 Å². The summed E-state index contributed by atoms with van der Waals surface area (Å²) in [6, 6.07) is 7.18. The van der Waals surface area contributed by atoms with Crippen molar-refractivity contribution in [1.82, 2.24) is 19.9 Å². The van der Waals surface area contributed by atoms with E-state index in [1.54, 1.807) is 38.1 Å². The summed E-state index contributed by atoms with van der Waals surface area (Å²) in [5.74, 6) is 0.0401. The molecule has 3 rings (SSSR count). The standard InChI is InChI=1S/C17H17BrN6O2/c1-7-21-14(19)12(16(25)23-7)11(9-3-5-10(18)6-4-9)13-15(20)22-8(2)24-17(13)26/h3-6,11H,1-2H3,(H3,19,21,23,25)(H3,20,22,24,26). The number of hydrogen-bond donors (Lipinski definition) is 4. The fraction of sp³-hybridized carbons (Fsp3) is 0.176. The Morgan fingerprint density at radius 1 is 0.885 bits per heavy atom. The third kappa shape index (κ3) is 3.25. The van der Waals surface area contributed by atoms with Gasteiger partial charge in [0.25, 0.3) is 11.1 Å². The third-order valence-corrected chi connectivity index (χ3v) is 4.52. The Hall–Kier alpha value is -2.94. The number of nitrogens with one attached hydrogen (secondary N) is 2. The highest BCUT2D eigenvalue weighted by molar-refractivity contribution is 9.10. The molecule has 2 aromatic heterocycles. The van der Waals surface area contributed by atoms with Crippen LogP contribution in [0.15, 0.2) is 38.3 Å². The minimum Gasteiger partial charge on any atom is -0.383 e. The van der Waals surface area contributed by atoms with E-state index in [0.29, 0.717) is 17.2 Å². The lowest BCUT2D eigenvalue weighted by Crippen LogP contribution is -2.28. The number of aromatic amines is 2. The fourth-order valence-electron chi connectivity index (χ4n) is 2.92. The minimum atomic E-state index is -0.809. The van der Waals surface area contributed by atoms with Crippen molar-refractivity contribution in [3.8, 4) is 0 Å². The van der Waals surface area contributed by atoms with E-state index >= 15 is 0 Å². The fourth-order valence-corrected chi connectivity index (χ4v) is 3.19. The lowest BCUT2D eigenvalue weighted by molar-refractivity contribution is 0.867. The molecule has 0 amide bonds. The molecule has 8 nitrogen and oxygen atoms in total. The molecule has 6 N–H and O–H groups in total. The molecular weight excluding hydrogens is 400 g/mol. The van der Waals surface area contributed by atoms with E-state index < -0.39 is 17.0 Å². The highest BCUT2D eigenvalue weighted by atomic mass is 79.9. The third-order valence-electron chi connectivity index (χ3n) is 3.99. The topological polar surface area (TPSA) is 144 Å². The Balaban J connectivity index is 2.38. The number of halogens is 1. The van der Waals surface area contributed by atoms with E-state index in [2.05, 4.69) is 35.9 Å². The van der Waals surface area contributed by atoms with Crippen LogP contribution in [0, 0.1) is 13.8 Å². The monoisotopic (exact) mass is 416 g/mol. The second kappa shape index (κ2) is 6.75. The summed E-state index contributed by atoms with van der Waals surface area (Å²) in [7, 11) is 0. The van der Waals surface area contributed by atoms with E-state index in [0.717, 1.165) is 4.47 Å². The van der Waals surface area contributed by atoms with Crippen LogP contribution in [0.1, 0.15) is 34.3 Å². The van der Waals surface area contributed by atoms with Gasteiger partial charge in [0.05, 0.1) is 17.0 Å². The van der Waals surface area contributed by atoms with Crippen molar-refractivity contribution in [2.45, 2.75) is 19.8 Å². The van der Waals surface area contributed by atoms with E-state index in [1.807, 2.05) is 0 Å². The molecule has 0 aliphatic carbocycles. The number of rotatable bonds is 3. The highest BCUT2D eigenvalue weighted by Gasteiger charge is 2.28. The molecular formula is C17H17BrN6O2. The predicted molar refractivity (Wildman–Crippen MR) is 103 cm³/mol. The van der Waals surface area contributed by atoms with Crippen LogP contribution in [0.3, 0.4) is 0 Å². The number of H-pyrrole nitrogens is 2. The average Bonchev–Trinajstić information content (AvgIpc) is 2.52. The van der Waals surface area contributed by atoms with Crippen LogP contribution < -0.4 is 22.6 Å². The SMILES string of the molecule is Cc1nc(N)c(C(c2ccc(Br)cc2)c2c(N)nc(C)[nH]c2=O)c(=O)[nH]1. The molecule has 0 atom stereocenters. The van der Waals surface area contributed by atoms with Crippen molar-refractivity contribution < 1.29 is 0 Å². The first-order chi connectivity index (χ1) is 12.3. The maximum absolute atomic E-state index is 12.6. The summed E-state index contributed by atoms with van der Waals surface area (Å²) >= 11 is 3.37. The predicted octanol–water partition coefficient (Wildman–Crippen LogP) is 1.58. The number of benzene rings is 1. The molecule has 0 spiro atoms. The van der Waals surface area contributed by atoms with Crippen molar-refractivity contribution in [3.63, 3.8) is 0 Å². The van der Waals surface area contributed by atoms with Crippen LogP contribution in [0.4, 0.5) is 11.6 Å². The number of hydrogen-bond acceptors (Lipinski definition) is 6. The molecule has 26 heavy (non-hydrogen) atoms. The van der Waals surface area contributed by atoms with Gasteiger partial charge in [-0.25, -0.2) is 9.97 Å². The largest absolute Gasteiger partial charge is 0.383 e. The van der Waals surface area contributed by atoms with Gasteiger partial charge >= 0.3 is 0 Å². The zero-order chi connectivity index (χ0) is 19.0. The van der Waals surface area contributed by atoms with Crippen LogP contribution in [-0.2, 0) is 0 Å². The Morgan fingerprint density at radius 3 is 1.69 bits per heavy atom. The first kappa shape index (κ1) is 17.9. The molecule has 0 aliphatic rings. The Bertz CT molecular complexity index is 1020. The van der Waals surface area contributed by atoms with Gasteiger partial charge in [-0.05, 0) is 31.5 Å². The van der Waals surface area contributed by atoms with Crippen molar-refractivity contribution in [1.29, 1.82) is 0 Å². The second-order valence-corrected chi connectivity index (χ2v) is 6.80. The molecule has 9 heteroatoms. The summed E-state index contributed by atoms with van der Waals surface area (Å²) in [4.78, 5) is 38.8. The summed E-state index contributed by atoms with van der Waals surface area (Å²) in [5.41, 5.74) is 12.2. The quantitative estimate of drug-likeness (QED) is 0.510. The lowest BCUT2D eigenvalue weighted by Gasteiger charge is -2.19. The average molecular weight is 417 g/mol. The molecule has 2 heterocycles. The number of anilines is 2. The molecule has 0 unspecified atom stereocenters. The summed E-state index contributed by atoms with van der Waals surface area (Å²) < 4.78 is 0.854. The normalized spacial score (nSPS) is 11.1. The van der Waals surface area contributed by atoms with E-state index in [1.165, 1.54) is 0 Å². The van der Waals surface area contributed by atoms with Gasteiger partial charge in [0.15, 0.2) is 0 Å². The number of aromatic nitrogens is 4. The van der Waals surface area contributed by atoms with E-state index in [4.69, 9.17) is 11.5 Å². The van der Waals surface area contributed by atoms with Gasteiger partial charge in [-0.3, -0.25) is 9.59 Å². The van der Waals surface area contributed by atoms with E-state index in [-0.39, 0.29) is 22.8 Å². The molecule has 3 aromatic rings. The number of nitrogen functional groups attached to an aromatic ring is 2. The van der Waals surface area contributed by atoms with Crippen molar-refractivity contribution in [2.24, 2.45) is 0 Å². The summed E-state index contributed by atoms with van der Waals surface area (Å²) in [5, 5.41) is 0. The zero-order valence-corrected chi connectivity index (χ0v) is 15.7. The maximum atomic E-state index is 12.6. The summed E-state index contributed by atoms with van der Waals surface area (Å²) in [6.07, 6.45) is 0. The number of aryl methyl sites for hydroxylation is 2. The van der Waals surface area contributed by atoms with Crippen molar-refractivity contribution in [2.75, 3.05) is 11.5 Å². The zero-order valence-electron chi connectivity index (χ0n) is 14.1. The Kier molecular flexibility index (Phi) is 4.64. The first-order valence-corrected chi connectivity index (χ1v) is 8.55. The molecule has 0 radical (unpaired) electrons. The highest BCUT2D eigenvalue weighted by Crippen LogP contribution is 2.33. The van der Waals surface area contributed by atoms with Crippen molar-refractivity contribution >= 4 is 27.6 Å². The lowest BCUT2D eigenvalue weighted by atomic mass is 9.86. The molecule has 0 saturated carbocycles. The van der Waals surface area contributed by atoms with Gasteiger partial charge in [0.1, 0.15) is 23.3 Å². The van der Waals surface area contributed by atoms with Gasteiger partial charge in [-0.2, -0.15) is 0 Å². The Morgan fingerprint density at radius 2 is 1.31 bits per heavy atom. The van der Waals surface area contributed by atoms with Crippen LogP contribution in [0.5, 0.6) is 0 Å². The van der Waals surface area contributed by atoms with Gasteiger partial charge in [-0.1, -0.05) is 28.1 Å². The first-order valence-electron chi connectivity index (χ1n) is 7.76. The molecule has 134 valence electrons. The second-order valence-electron chi connectivity index (χ2n) is 5.89. The maximum Gasteiger partial charge on any atom is 0.257 e. The smallest absolute Gasteiger partial charge is 0.257 e. The number of nitrogens with two attached hydrogens (primary N) is 2. The minimum absolute atomic E-state index is 0.0403. The molecule has 0 fully saturated rings. The number of nitrogens with zero attached hydrogens (tertiary/aromatic N) is 2. The van der Waals surface area contributed by atoms with Crippen LogP contribution in [-0.4, -0.2) is 19.9 Å². The Labute approximate surface area is 156 Å². The molecule has 1 aromatic carbocycles.